The topological polar surface area (TPSA) is 77.4 Å². The summed E-state index contributed by atoms with van der Waals surface area (Å²) < 4.78 is 12.6. The standard InChI is InChI=1S/C25H28N4O3S/c1-4-7-16-31-20-15-11-9-13-18(20)24-29(21(30)5-2)19-14-10-8-12-17(19)22-23(32-24)26-25(28-27-22)33-6-3/h8-15,24H,4-7,16H2,1-3H3/t24-/m1/s1. The van der Waals surface area contributed by atoms with Gasteiger partial charge in [0.25, 0.3) is 0 Å². The number of anilines is 1. The molecular weight excluding hydrogens is 436 g/mol. The van der Waals surface area contributed by atoms with Crippen molar-refractivity contribution in [2.45, 2.75) is 51.4 Å². The molecule has 0 unspecified atom stereocenters. The molecule has 1 atom stereocenters. The van der Waals surface area contributed by atoms with Gasteiger partial charge in [-0.05, 0) is 30.4 Å². The average Bonchev–Trinajstić information content (AvgIpc) is 2.98. The van der Waals surface area contributed by atoms with E-state index in [4.69, 9.17) is 9.47 Å². The Balaban J connectivity index is 1.89. The van der Waals surface area contributed by atoms with E-state index < -0.39 is 6.23 Å². The zero-order chi connectivity index (χ0) is 23.2. The molecule has 8 heteroatoms. The molecule has 0 spiro atoms. The normalized spacial score (nSPS) is 14.6. The number of hydrogen-bond acceptors (Lipinski definition) is 7. The summed E-state index contributed by atoms with van der Waals surface area (Å²) >= 11 is 1.49. The van der Waals surface area contributed by atoms with Crippen LogP contribution in [0.1, 0.15) is 51.8 Å². The molecule has 3 aromatic rings. The molecular formula is C25H28N4O3S. The van der Waals surface area contributed by atoms with Gasteiger partial charge < -0.3 is 9.47 Å². The molecule has 0 radical (unpaired) electrons. The number of benzene rings is 2. The van der Waals surface area contributed by atoms with Crippen LogP contribution in [0.15, 0.2) is 53.7 Å². The Hall–Kier alpha value is -3.13. The first-order valence-electron chi connectivity index (χ1n) is 11.3. The summed E-state index contributed by atoms with van der Waals surface area (Å²) in [4.78, 5) is 19.6. The molecule has 1 amide bonds. The largest absolute Gasteiger partial charge is 0.493 e. The molecule has 33 heavy (non-hydrogen) atoms. The lowest BCUT2D eigenvalue weighted by atomic mass is 10.1. The highest BCUT2D eigenvalue weighted by Crippen LogP contribution is 2.45. The zero-order valence-corrected chi connectivity index (χ0v) is 20.0. The summed E-state index contributed by atoms with van der Waals surface area (Å²) in [6.45, 7) is 6.59. The Morgan fingerprint density at radius 3 is 2.67 bits per heavy atom. The number of nitrogens with zero attached hydrogens (tertiary/aromatic N) is 4. The maximum atomic E-state index is 13.3. The first-order valence-corrected chi connectivity index (χ1v) is 12.3. The number of fused-ring (bicyclic) bond motifs is 3. The molecule has 1 aliphatic heterocycles. The van der Waals surface area contributed by atoms with Gasteiger partial charge in [0.15, 0.2) is 5.69 Å². The van der Waals surface area contributed by atoms with E-state index in [1.807, 2.05) is 62.4 Å². The number of ether oxygens (including phenoxy) is 2. The molecule has 1 aliphatic rings. The van der Waals surface area contributed by atoms with Crippen molar-refractivity contribution in [1.82, 2.24) is 15.2 Å². The van der Waals surface area contributed by atoms with Crippen LogP contribution in [0.25, 0.3) is 11.3 Å². The Kier molecular flexibility index (Phi) is 7.44. The summed E-state index contributed by atoms with van der Waals surface area (Å²) in [5, 5.41) is 9.25. The van der Waals surface area contributed by atoms with E-state index >= 15 is 0 Å². The summed E-state index contributed by atoms with van der Waals surface area (Å²) in [6.07, 6.45) is 1.54. The van der Waals surface area contributed by atoms with Gasteiger partial charge in [0.1, 0.15) is 5.75 Å². The second-order valence-electron chi connectivity index (χ2n) is 7.53. The van der Waals surface area contributed by atoms with Crippen molar-refractivity contribution < 1.29 is 14.3 Å². The van der Waals surface area contributed by atoms with Crippen molar-refractivity contribution in [3.05, 3.63) is 54.1 Å². The lowest BCUT2D eigenvalue weighted by Crippen LogP contribution is -2.37. The highest BCUT2D eigenvalue weighted by atomic mass is 32.2. The first kappa shape index (κ1) is 23.0. The van der Waals surface area contributed by atoms with Gasteiger partial charge in [-0.2, -0.15) is 4.98 Å². The lowest BCUT2D eigenvalue weighted by molar-refractivity contribution is -0.120. The predicted molar refractivity (Wildman–Crippen MR) is 130 cm³/mol. The van der Waals surface area contributed by atoms with Crippen LogP contribution >= 0.6 is 11.8 Å². The highest BCUT2D eigenvalue weighted by Gasteiger charge is 2.36. The Morgan fingerprint density at radius 2 is 1.88 bits per heavy atom. The maximum absolute atomic E-state index is 13.3. The SMILES string of the molecule is CCCCOc1ccccc1[C@H]1Oc2nc(SCC)nnc2-c2ccccc2N1C(=O)CC. The summed E-state index contributed by atoms with van der Waals surface area (Å²) in [7, 11) is 0. The van der Waals surface area contributed by atoms with Gasteiger partial charge in [-0.15, -0.1) is 10.2 Å². The minimum absolute atomic E-state index is 0.0697. The number of rotatable bonds is 8. The van der Waals surface area contributed by atoms with Crippen LogP contribution in [0.2, 0.25) is 0 Å². The third kappa shape index (κ3) is 4.80. The molecule has 0 bridgehead atoms. The molecule has 0 N–H and O–H groups in total. The zero-order valence-electron chi connectivity index (χ0n) is 19.2. The number of amides is 1. The maximum Gasteiger partial charge on any atom is 0.247 e. The number of unbranched alkanes of at least 4 members (excludes halogenated alkanes) is 1. The molecule has 0 saturated heterocycles. The molecule has 2 heterocycles. The Labute approximate surface area is 198 Å². The fourth-order valence-electron chi connectivity index (χ4n) is 3.69. The summed E-state index contributed by atoms with van der Waals surface area (Å²) in [5.41, 5.74) is 2.76. The number of para-hydroxylation sites is 2. The van der Waals surface area contributed by atoms with Gasteiger partial charge in [0, 0.05) is 12.0 Å². The quantitative estimate of drug-likeness (QED) is 0.314. The Bertz CT molecular complexity index is 1120. The van der Waals surface area contributed by atoms with E-state index in [1.54, 1.807) is 4.90 Å². The van der Waals surface area contributed by atoms with E-state index in [-0.39, 0.29) is 5.91 Å². The van der Waals surface area contributed by atoms with Crippen LogP contribution in [0.5, 0.6) is 11.6 Å². The number of carbonyl (C=O) groups excluding carboxylic acids is 1. The number of hydrogen-bond donors (Lipinski definition) is 0. The van der Waals surface area contributed by atoms with Crippen molar-refractivity contribution in [3.8, 4) is 22.9 Å². The molecule has 4 rings (SSSR count). The first-order chi connectivity index (χ1) is 16.2. The van der Waals surface area contributed by atoms with Crippen molar-refractivity contribution in [2.75, 3.05) is 17.3 Å². The lowest BCUT2D eigenvalue weighted by Gasteiger charge is -2.31. The third-order valence-electron chi connectivity index (χ3n) is 5.30. The fourth-order valence-corrected chi connectivity index (χ4v) is 4.19. The summed E-state index contributed by atoms with van der Waals surface area (Å²) in [6, 6.07) is 15.3. The van der Waals surface area contributed by atoms with Crippen LogP contribution in [-0.4, -0.2) is 33.4 Å². The average molecular weight is 465 g/mol. The van der Waals surface area contributed by atoms with Gasteiger partial charge >= 0.3 is 0 Å². The van der Waals surface area contributed by atoms with Gasteiger partial charge in [0.2, 0.25) is 23.2 Å². The molecule has 7 nitrogen and oxygen atoms in total. The second kappa shape index (κ2) is 10.7. The van der Waals surface area contributed by atoms with Crippen molar-refractivity contribution in [1.29, 1.82) is 0 Å². The highest BCUT2D eigenvalue weighted by molar-refractivity contribution is 7.99. The van der Waals surface area contributed by atoms with Crippen LogP contribution in [-0.2, 0) is 4.79 Å². The van der Waals surface area contributed by atoms with Gasteiger partial charge in [-0.3, -0.25) is 9.69 Å². The van der Waals surface area contributed by atoms with E-state index in [0.29, 0.717) is 41.2 Å². The molecule has 172 valence electrons. The number of thioether (sulfide) groups is 1. The summed E-state index contributed by atoms with van der Waals surface area (Å²) in [5.74, 6) is 1.79. The van der Waals surface area contributed by atoms with Crippen LogP contribution < -0.4 is 14.4 Å². The van der Waals surface area contributed by atoms with Crippen molar-refractivity contribution in [2.24, 2.45) is 0 Å². The smallest absolute Gasteiger partial charge is 0.247 e. The van der Waals surface area contributed by atoms with E-state index in [0.717, 1.165) is 29.7 Å². The van der Waals surface area contributed by atoms with Crippen LogP contribution in [0, 0.1) is 0 Å². The second-order valence-corrected chi connectivity index (χ2v) is 8.76. The monoisotopic (exact) mass is 464 g/mol. The molecule has 0 fully saturated rings. The number of carbonyl (C=O) groups is 1. The minimum Gasteiger partial charge on any atom is -0.493 e. The molecule has 0 aliphatic carbocycles. The van der Waals surface area contributed by atoms with E-state index in [9.17, 15) is 4.79 Å². The van der Waals surface area contributed by atoms with E-state index in [2.05, 4.69) is 22.1 Å². The van der Waals surface area contributed by atoms with Gasteiger partial charge in [-0.1, -0.05) is 69.3 Å². The molecule has 2 aromatic carbocycles. The molecule has 0 saturated carbocycles. The van der Waals surface area contributed by atoms with Crippen molar-refractivity contribution in [3.63, 3.8) is 0 Å². The van der Waals surface area contributed by atoms with Gasteiger partial charge in [0.05, 0.1) is 17.9 Å². The molecule has 1 aromatic heterocycles. The van der Waals surface area contributed by atoms with Crippen molar-refractivity contribution >= 4 is 23.4 Å². The fraction of sp³-hybridized carbons (Fsp3) is 0.360. The minimum atomic E-state index is -0.756. The van der Waals surface area contributed by atoms with E-state index in [1.165, 1.54) is 11.8 Å². The van der Waals surface area contributed by atoms with Crippen LogP contribution in [0.4, 0.5) is 5.69 Å². The predicted octanol–water partition coefficient (Wildman–Crippen LogP) is 5.66. The Morgan fingerprint density at radius 1 is 1.09 bits per heavy atom. The van der Waals surface area contributed by atoms with Gasteiger partial charge in [-0.25, -0.2) is 0 Å². The van der Waals surface area contributed by atoms with Crippen LogP contribution in [0.3, 0.4) is 0 Å². The number of aromatic nitrogens is 3. The third-order valence-corrected chi connectivity index (χ3v) is 6.02.